The number of piperidine rings is 1. The number of carbonyl (C=O) groups is 1. The third kappa shape index (κ3) is 2.34. The van der Waals surface area contributed by atoms with Crippen molar-refractivity contribution in [1.82, 2.24) is 4.90 Å². The molecule has 0 saturated carbocycles. The molecule has 104 valence electrons. The Bertz CT molecular complexity index is 654. The molecule has 0 bridgehead atoms. The Balaban J connectivity index is 1.96. The Morgan fingerprint density at radius 3 is 2.65 bits per heavy atom. The van der Waals surface area contributed by atoms with Crippen molar-refractivity contribution < 1.29 is 9.90 Å². The molecule has 1 aliphatic heterocycles. The zero-order valence-electron chi connectivity index (χ0n) is 11.2. The maximum atomic E-state index is 12.5. The number of nitrogens with zero attached hydrogens (tertiary/aromatic N) is 1. The van der Waals surface area contributed by atoms with Crippen molar-refractivity contribution in [3.05, 3.63) is 42.0 Å². The Labute approximate surface area is 117 Å². The molecule has 1 atom stereocenters. The average molecular weight is 270 g/mol. The number of benzene rings is 2. The normalized spacial score (nSPS) is 19.2. The summed E-state index contributed by atoms with van der Waals surface area (Å²) < 4.78 is 0. The van der Waals surface area contributed by atoms with Crippen LogP contribution < -0.4 is 5.73 Å². The van der Waals surface area contributed by atoms with E-state index in [-0.39, 0.29) is 5.91 Å². The number of fused-ring (bicyclic) bond motifs is 1. The molecule has 4 nitrogen and oxygen atoms in total. The van der Waals surface area contributed by atoms with E-state index < -0.39 is 6.10 Å². The van der Waals surface area contributed by atoms with E-state index in [0.717, 1.165) is 23.6 Å². The third-order valence-electron chi connectivity index (χ3n) is 3.83. The summed E-state index contributed by atoms with van der Waals surface area (Å²) in [6, 6.07) is 11.5. The molecule has 0 aliphatic carbocycles. The number of β-amino-alcohol motifs (C(OH)–C–C–N with tert-alkyl or cyclic N) is 1. The van der Waals surface area contributed by atoms with Gasteiger partial charge in [-0.2, -0.15) is 0 Å². The number of nitrogens with two attached hydrogens (primary N) is 1. The van der Waals surface area contributed by atoms with Crippen LogP contribution in [0.25, 0.3) is 10.8 Å². The molecule has 1 fully saturated rings. The summed E-state index contributed by atoms with van der Waals surface area (Å²) in [6.07, 6.45) is 1.17. The van der Waals surface area contributed by atoms with Crippen LogP contribution in [0.15, 0.2) is 36.4 Å². The number of rotatable bonds is 1. The highest BCUT2D eigenvalue weighted by molar-refractivity contribution is 6.03. The molecular formula is C16H18N2O2. The van der Waals surface area contributed by atoms with Crippen molar-refractivity contribution >= 4 is 22.4 Å². The molecule has 2 aromatic carbocycles. The maximum Gasteiger partial charge on any atom is 0.256 e. The summed E-state index contributed by atoms with van der Waals surface area (Å²) in [5.74, 6) is -0.0907. The lowest BCUT2D eigenvalue weighted by atomic mass is 10.0. The van der Waals surface area contributed by atoms with Crippen LogP contribution in [0.4, 0.5) is 5.69 Å². The predicted molar refractivity (Wildman–Crippen MR) is 79.5 cm³/mol. The molecule has 4 heteroatoms. The molecule has 0 unspecified atom stereocenters. The minimum Gasteiger partial charge on any atom is -0.398 e. The van der Waals surface area contributed by atoms with E-state index in [4.69, 9.17) is 5.73 Å². The second-order valence-electron chi connectivity index (χ2n) is 5.33. The standard InChI is InChI=1S/C16H18N2O2/c17-15-9-12-5-2-1-4-11(12)8-14(15)16(20)18-7-3-6-13(19)10-18/h1-2,4-5,8-9,13,19H,3,6-7,10,17H2/t13-/m0/s1. The molecule has 1 heterocycles. The number of nitrogen functional groups attached to an aromatic ring is 1. The molecule has 20 heavy (non-hydrogen) atoms. The number of anilines is 1. The van der Waals surface area contributed by atoms with Gasteiger partial charge in [-0.25, -0.2) is 0 Å². The van der Waals surface area contributed by atoms with Gasteiger partial charge in [0, 0.05) is 18.8 Å². The SMILES string of the molecule is Nc1cc2ccccc2cc1C(=O)N1CCC[C@H](O)C1. The van der Waals surface area contributed by atoms with Gasteiger partial charge in [-0.05, 0) is 35.7 Å². The summed E-state index contributed by atoms with van der Waals surface area (Å²) >= 11 is 0. The van der Waals surface area contributed by atoms with Gasteiger partial charge >= 0.3 is 0 Å². The molecule has 3 rings (SSSR count). The lowest BCUT2D eigenvalue weighted by Gasteiger charge is -2.30. The molecule has 0 aromatic heterocycles. The van der Waals surface area contributed by atoms with Crippen molar-refractivity contribution in [1.29, 1.82) is 0 Å². The van der Waals surface area contributed by atoms with E-state index in [2.05, 4.69) is 0 Å². The van der Waals surface area contributed by atoms with E-state index in [1.54, 1.807) is 4.90 Å². The second-order valence-corrected chi connectivity index (χ2v) is 5.33. The number of hydrogen-bond acceptors (Lipinski definition) is 3. The summed E-state index contributed by atoms with van der Waals surface area (Å²) in [4.78, 5) is 14.2. The smallest absolute Gasteiger partial charge is 0.256 e. The first-order valence-corrected chi connectivity index (χ1v) is 6.91. The van der Waals surface area contributed by atoms with Crippen LogP contribution in [0.1, 0.15) is 23.2 Å². The molecule has 3 N–H and O–H groups in total. The highest BCUT2D eigenvalue weighted by Gasteiger charge is 2.24. The summed E-state index contributed by atoms with van der Waals surface area (Å²) in [5.41, 5.74) is 7.04. The van der Waals surface area contributed by atoms with Crippen LogP contribution in [0.5, 0.6) is 0 Å². The van der Waals surface area contributed by atoms with Crippen LogP contribution in [-0.4, -0.2) is 35.1 Å². The predicted octanol–water partition coefficient (Wildman–Crippen LogP) is 2.02. The Hall–Kier alpha value is -2.07. The summed E-state index contributed by atoms with van der Waals surface area (Å²) in [6.45, 7) is 1.08. The molecule has 0 spiro atoms. The van der Waals surface area contributed by atoms with Gasteiger partial charge in [0.2, 0.25) is 0 Å². The zero-order chi connectivity index (χ0) is 14.1. The molecular weight excluding hydrogens is 252 g/mol. The second kappa shape index (κ2) is 5.13. The first-order valence-electron chi connectivity index (χ1n) is 6.91. The van der Waals surface area contributed by atoms with Crippen LogP contribution in [0.2, 0.25) is 0 Å². The number of amides is 1. The molecule has 1 amide bonds. The Kier molecular flexibility index (Phi) is 3.32. The van der Waals surface area contributed by atoms with Crippen molar-refractivity contribution in [2.75, 3.05) is 18.8 Å². The van der Waals surface area contributed by atoms with E-state index in [9.17, 15) is 9.90 Å². The highest BCUT2D eigenvalue weighted by atomic mass is 16.3. The lowest BCUT2D eigenvalue weighted by molar-refractivity contribution is 0.0474. The van der Waals surface area contributed by atoms with Crippen molar-refractivity contribution in [3.8, 4) is 0 Å². The van der Waals surface area contributed by atoms with Crippen LogP contribution in [0, 0.1) is 0 Å². The van der Waals surface area contributed by atoms with Crippen molar-refractivity contribution in [2.45, 2.75) is 18.9 Å². The van der Waals surface area contributed by atoms with Crippen LogP contribution >= 0.6 is 0 Å². The van der Waals surface area contributed by atoms with Crippen LogP contribution in [0.3, 0.4) is 0 Å². The number of hydrogen-bond donors (Lipinski definition) is 2. The fourth-order valence-electron chi connectivity index (χ4n) is 2.75. The number of aliphatic hydroxyl groups excluding tert-OH is 1. The maximum absolute atomic E-state index is 12.5. The van der Waals surface area contributed by atoms with Gasteiger partial charge in [0.15, 0.2) is 0 Å². The largest absolute Gasteiger partial charge is 0.398 e. The van der Waals surface area contributed by atoms with E-state index >= 15 is 0 Å². The zero-order valence-corrected chi connectivity index (χ0v) is 11.2. The van der Waals surface area contributed by atoms with Crippen LogP contribution in [-0.2, 0) is 0 Å². The quantitative estimate of drug-likeness (QED) is 0.779. The van der Waals surface area contributed by atoms with Gasteiger partial charge in [0.05, 0.1) is 11.7 Å². The third-order valence-corrected chi connectivity index (χ3v) is 3.83. The first kappa shape index (κ1) is 12.9. The minimum absolute atomic E-state index is 0.0907. The summed E-state index contributed by atoms with van der Waals surface area (Å²) in [5, 5.41) is 11.7. The minimum atomic E-state index is -0.422. The van der Waals surface area contributed by atoms with E-state index in [1.807, 2.05) is 36.4 Å². The number of carbonyl (C=O) groups excluding carboxylic acids is 1. The summed E-state index contributed by atoms with van der Waals surface area (Å²) in [7, 11) is 0. The number of likely N-dealkylation sites (tertiary alicyclic amines) is 1. The molecule has 1 aliphatic rings. The van der Waals surface area contributed by atoms with Gasteiger partial charge in [-0.3, -0.25) is 4.79 Å². The Morgan fingerprint density at radius 1 is 1.25 bits per heavy atom. The molecule has 1 saturated heterocycles. The van der Waals surface area contributed by atoms with Gasteiger partial charge in [-0.15, -0.1) is 0 Å². The average Bonchev–Trinajstić information content (AvgIpc) is 2.46. The van der Waals surface area contributed by atoms with E-state index in [1.165, 1.54) is 0 Å². The van der Waals surface area contributed by atoms with Gasteiger partial charge in [0.25, 0.3) is 5.91 Å². The highest BCUT2D eigenvalue weighted by Crippen LogP contribution is 2.24. The topological polar surface area (TPSA) is 66.6 Å². The molecule has 0 radical (unpaired) electrons. The van der Waals surface area contributed by atoms with Gasteiger partial charge in [0.1, 0.15) is 0 Å². The first-order chi connectivity index (χ1) is 9.65. The van der Waals surface area contributed by atoms with Gasteiger partial charge < -0.3 is 15.7 Å². The van der Waals surface area contributed by atoms with E-state index in [0.29, 0.717) is 24.3 Å². The molecule has 2 aromatic rings. The lowest BCUT2D eigenvalue weighted by Crippen LogP contribution is -2.42. The van der Waals surface area contributed by atoms with Crippen molar-refractivity contribution in [3.63, 3.8) is 0 Å². The fraction of sp³-hybridized carbons (Fsp3) is 0.312. The van der Waals surface area contributed by atoms with Crippen molar-refractivity contribution in [2.24, 2.45) is 0 Å². The van der Waals surface area contributed by atoms with Gasteiger partial charge in [-0.1, -0.05) is 24.3 Å². The Morgan fingerprint density at radius 2 is 1.95 bits per heavy atom. The fourth-order valence-corrected chi connectivity index (χ4v) is 2.75. The number of aliphatic hydroxyl groups is 1. The monoisotopic (exact) mass is 270 g/mol.